The summed E-state index contributed by atoms with van der Waals surface area (Å²) in [7, 11) is -0.983. The molecule has 0 bridgehead atoms. The van der Waals surface area contributed by atoms with Crippen LogP contribution in [-0.2, 0) is 24.2 Å². The van der Waals surface area contributed by atoms with E-state index in [0.717, 1.165) is 22.4 Å². The van der Waals surface area contributed by atoms with E-state index in [-0.39, 0.29) is 30.4 Å². The van der Waals surface area contributed by atoms with Crippen molar-refractivity contribution in [1.29, 1.82) is 0 Å². The first-order chi connectivity index (χ1) is 12.9. The van der Waals surface area contributed by atoms with Crippen molar-refractivity contribution >= 4 is 18.9 Å². The number of pyridine rings is 1. The molecular formula is C19H23BN4O3. The van der Waals surface area contributed by atoms with Crippen molar-refractivity contribution in [3.63, 3.8) is 0 Å². The third-order valence-electron chi connectivity index (χ3n) is 4.61. The van der Waals surface area contributed by atoms with Gasteiger partial charge in [-0.05, 0) is 42.2 Å². The topological polar surface area (TPSA) is 124 Å². The Labute approximate surface area is 158 Å². The summed E-state index contributed by atoms with van der Waals surface area (Å²) >= 11 is 0. The van der Waals surface area contributed by atoms with Crippen molar-refractivity contribution in [3.8, 4) is 5.75 Å². The SMILES string of the molecule is Cc1cccc2c1OB(O)C(CC(=O)Cc1cc(CN=C(N)N)ccn1)C2. The fraction of sp³-hybridized carbons (Fsp3) is 0.316. The first kappa shape index (κ1) is 18.9. The van der Waals surface area contributed by atoms with Gasteiger partial charge in [-0.3, -0.25) is 9.78 Å². The number of fused-ring (bicyclic) bond motifs is 1. The van der Waals surface area contributed by atoms with E-state index in [4.69, 9.17) is 16.1 Å². The van der Waals surface area contributed by atoms with Crippen LogP contribution in [0.25, 0.3) is 0 Å². The predicted octanol–water partition coefficient (Wildman–Crippen LogP) is 1.15. The quantitative estimate of drug-likeness (QED) is 0.400. The van der Waals surface area contributed by atoms with Crippen LogP contribution in [-0.4, -0.2) is 28.9 Å². The number of carbonyl (C=O) groups is 1. The molecule has 5 N–H and O–H groups in total. The fourth-order valence-corrected chi connectivity index (χ4v) is 3.29. The zero-order valence-electron chi connectivity index (χ0n) is 15.3. The lowest BCUT2D eigenvalue weighted by Gasteiger charge is -2.28. The smallest absolute Gasteiger partial charge is 0.526 e. The van der Waals surface area contributed by atoms with E-state index in [2.05, 4.69) is 9.98 Å². The summed E-state index contributed by atoms with van der Waals surface area (Å²) in [4.78, 5) is 20.7. The molecule has 0 saturated carbocycles. The fourth-order valence-electron chi connectivity index (χ4n) is 3.29. The Morgan fingerprint density at radius 2 is 2.22 bits per heavy atom. The van der Waals surface area contributed by atoms with Crippen molar-refractivity contribution in [1.82, 2.24) is 4.98 Å². The first-order valence-electron chi connectivity index (χ1n) is 8.86. The lowest BCUT2D eigenvalue weighted by Crippen LogP contribution is -2.35. The summed E-state index contributed by atoms with van der Waals surface area (Å²) in [5.41, 5.74) is 14.2. The highest BCUT2D eigenvalue weighted by Crippen LogP contribution is 2.35. The summed E-state index contributed by atoms with van der Waals surface area (Å²) in [6, 6.07) is 9.49. The number of hydrogen-bond acceptors (Lipinski definition) is 5. The molecule has 1 aliphatic heterocycles. The minimum Gasteiger partial charge on any atom is -0.536 e. The molecular weight excluding hydrogens is 343 g/mol. The van der Waals surface area contributed by atoms with Crippen LogP contribution < -0.4 is 16.1 Å². The third kappa shape index (κ3) is 4.86. The van der Waals surface area contributed by atoms with Crippen molar-refractivity contribution in [2.75, 3.05) is 0 Å². The van der Waals surface area contributed by atoms with Crippen LogP contribution in [0.15, 0.2) is 41.5 Å². The monoisotopic (exact) mass is 366 g/mol. The predicted molar refractivity (Wildman–Crippen MR) is 104 cm³/mol. The Morgan fingerprint density at radius 3 is 3.00 bits per heavy atom. The van der Waals surface area contributed by atoms with E-state index in [0.29, 0.717) is 18.7 Å². The summed E-state index contributed by atoms with van der Waals surface area (Å²) in [5, 5.41) is 10.3. The number of guanidine groups is 1. The number of aromatic nitrogens is 1. The van der Waals surface area contributed by atoms with E-state index < -0.39 is 7.12 Å². The number of ketones is 1. The molecule has 0 aliphatic carbocycles. The lowest BCUT2D eigenvalue weighted by molar-refractivity contribution is -0.118. The van der Waals surface area contributed by atoms with Gasteiger partial charge in [-0.1, -0.05) is 18.2 Å². The number of Topliss-reactive ketones (excluding diaryl/α,β-unsaturated/α-hetero) is 1. The molecule has 1 atom stereocenters. The summed E-state index contributed by atoms with van der Waals surface area (Å²) < 4.78 is 5.65. The minimum atomic E-state index is -0.983. The molecule has 27 heavy (non-hydrogen) atoms. The average Bonchev–Trinajstić information content (AvgIpc) is 2.62. The molecule has 2 heterocycles. The van der Waals surface area contributed by atoms with Gasteiger partial charge in [0.25, 0.3) is 0 Å². The molecule has 1 aromatic carbocycles. The van der Waals surface area contributed by atoms with E-state index in [9.17, 15) is 9.82 Å². The summed E-state index contributed by atoms with van der Waals surface area (Å²) in [5.74, 6) is 0.482. The molecule has 1 aromatic heterocycles. The van der Waals surface area contributed by atoms with Crippen LogP contribution in [0.1, 0.15) is 28.8 Å². The van der Waals surface area contributed by atoms with Gasteiger partial charge in [0.05, 0.1) is 6.54 Å². The number of aryl methyl sites for hydroxylation is 1. The van der Waals surface area contributed by atoms with Crippen molar-refractivity contribution in [3.05, 3.63) is 58.9 Å². The Hall–Kier alpha value is -2.87. The molecule has 8 heteroatoms. The van der Waals surface area contributed by atoms with E-state index >= 15 is 0 Å². The number of nitrogens with zero attached hydrogens (tertiary/aromatic N) is 2. The Bertz CT molecular complexity index is 868. The van der Waals surface area contributed by atoms with Crippen LogP contribution in [0.2, 0.25) is 5.82 Å². The molecule has 0 fully saturated rings. The second-order valence-corrected chi connectivity index (χ2v) is 6.85. The molecule has 0 radical (unpaired) electrons. The molecule has 0 spiro atoms. The molecule has 1 unspecified atom stereocenters. The van der Waals surface area contributed by atoms with Gasteiger partial charge in [0.15, 0.2) is 5.96 Å². The zero-order valence-corrected chi connectivity index (χ0v) is 15.3. The van der Waals surface area contributed by atoms with Gasteiger partial charge in [0.1, 0.15) is 11.5 Å². The van der Waals surface area contributed by atoms with E-state index in [1.54, 1.807) is 12.3 Å². The molecule has 0 amide bonds. The molecule has 1 aliphatic rings. The standard InChI is InChI=1S/C19H23BN4O3/c1-12-3-2-4-14-8-15(20(26)27-18(12)14)9-17(25)10-16-7-13(5-6-23-16)11-24-19(21)22/h2-7,15,26H,8-11H2,1H3,(H4,21,22,24). The number of nitrogens with two attached hydrogens (primary N) is 2. The van der Waals surface area contributed by atoms with E-state index in [1.165, 1.54) is 0 Å². The normalized spacial score (nSPS) is 15.6. The van der Waals surface area contributed by atoms with Crippen LogP contribution in [0.5, 0.6) is 5.75 Å². The van der Waals surface area contributed by atoms with Crippen LogP contribution in [0, 0.1) is 6.92 Å². The Balaban J connectivity index is 1.63. The van der Waals surface area contributed by atoms with Crippen LogP contribution in [0.4, 0.5) is 0 Å². The zero-order chi connectivity index (χ0) is 19.4. The maximum atomic E-state index is 12.5. The molecule has 3 rings (SSSR count). The van der Waals surface area contributed by atoms with Gasteiger partial charge in [0, 0.05) is 30.5 Å². The Morgan fingerprint density at radius 1 is 1.41 bits per heavy atom. The maximum Gasteiger partial charge on any atom is 0.526 e. The van der Waals surface area contributed by atoms with Crippen molar-refractivity contribution in [2.24, 2.45) is 16.5 Å². The number of rotatable bonds is 6. The largest absolute Gasteiger partial charge is 0.536 e. The van der Waals surface area contributed by atoms with Gasteiger partial charge in [-0.15, -0.1) is 0 Å². The third-order valence-corrected chi connectivity index (χ3v) is 4.61. The molecule has 140 valence electrons. The van der Waals surface area contributed by atoms with Gasteiger partial charge < -0.3 is 21.1 Å². The van der Waals surface area contributed by atoms with Gasteiger partial charge in [0.2, 0.25) is 0 Å². The molecule has 2 aromatic rings. The maximum absolute atomic E-state index is 12.5. The average molecular weight is 366 g/mol. The summed E-state index contributed by atoms with van der Waals surface area (Å²) in [6.45, 7) is 2.29. The number of para-hydroxylation sites is 1. The first-order valence-corrected chi connectivity index (χ1v) is 8.86. The number of carbonyl (C=O) groups excluding carboxylic acids is 1. The highest BCUT2D eigenvalue weighted by Gasteiger charge is 2.36. The van der Waals surface area contributed by atoms with Gasteiger partial charge in [-0.2, -0.15) is 0 Å². The highest BCUT2D eigenvalue weighted by atomic mass is 16.5. The van der Waals surface area contributed by atoms with Crippen molar-refractivity contribution in [2.45, 2.75) is 38.5 Å². The second kappa shape index (κ2) is 8.22. The summed E-state index contributed by atoms with van der Waals surface area (Å²) in [6.07, 6.45) is 2.67. The number of aliphatic imine (C=N–C) groups is 1. The molecule has 0 saturated heterocycles. The van der Waals surface area contributed by atoms with E-state index in [1.807, 2.05) is 31.2 Å². The minimum absolute atomic E-state index is 0.00485. The molecule has 7 nitrogen and oxygen atoms in total. The van der Waals surface area contributed by atoms with Crippen molar-refractivity contribution < 1.29 is 14.5 Å². The van der Waals surface area contributed by atoms with Crippen LogP contribution >= 0.6 is 0 Å². The second-order valence-electron chi connectivity index (χ2n) is 6.85. The highest BCUT2D eigenvalue weighted by molar-refractivity contribution is 6.46. The van der Waals surface area contributed by atoms with Gasteiger partial charge in [-0.25, -0.2) is 4.99 Å². The lowest BCUT2D eigenvalue weighted by atomic mass is 9.64. The van der Waals surface area contributed by atoms with Gasteiger partial charge >= 0.3 is 7.12 Å². The van der Waals surface area contributed by atoms with Crippen LogP contribution in [0.3, 0.4) is 0 Å². The number of benzene rings is 1. The number of hydrogen-bond donors (Lipinski definition) is 3. The Kier molecular flexibility index (Phi) is 5.76.